The fourth-order valence-electron chi connectivity index (χ4n) is 3.32. The Morgan fingerprint density at radius 3 is 2.47 bits per heavy atom. The normalized spacial score (nSPS) is 30.9. The van der Waals surface area contributed by atoms with Crippen molar-refractivity contribution in [2.75, 3.05) is 6.61 Å². The summed E-state index contributed by atoms with van der Waals surface area (Å²) >= 11 is 0. The lowest BCUT2D eigenvalue weighted by Crippen LogP contribution is -2.44. The van der Waals surface area contributed by atoms with Crippen molar-refractivity contribution in [1.29, 1.82) is 0 Å². The maximum Gasteiger partial charge on any atom is 0.490 e. The van der Waals surface area contributed by atoms with Crippen LogP contribution in [-0.2, 0) is 31.6 Å². The SMILES string of the molecule is [N-]=[N+]=NC1C2CC2[C@H](n2ccc(=O)[nH]c2=O)O[C@@H]1COP(=O)(O)OP(=O)(O)OP(=O)(O)O. The van der Waals surface area contributed by atoms with E-state index in [9.17, 15) is 33.1 Å². The highest BCUT2D eigenvalue weighted by Gasteiger charge is 2.56. The van der Waals surface area contributed by atoms with Crippen LogP contribution < -0.4 is 11.2 Å². The summed E-state index contributed by atoms with van der Waals surface area (Å²) < 4.78 is 52.6. The van der Waals surface area contributed by atoms with Gasteiger partial charge in [0.25, 0.3) is 5.56 Å². The lowest BCUT2D eigenvalue weighted by atomic mass is 10.0. The number of H-pyrrole nitrogens is 1. The van der Waals surface area contributed by atoms with Crippen LogP contribution in [0.25, 0.3) is 10.4 Å². The fourth-order valence-corrected chi connectivity index (χ4v) is 6.35. The van der Waals surface area contributed by atoms with E-state index in [1.807, 2.05) is 4.98 Å². The van der Waals surface area contributed by atoms with Gasteiger partial charge in [-0.3, -0.25) is 18.9 Å². The van der Waals surface area contributed by atoms with Gasteiger partial charge in [-0.2, -0.15) is 8.62 Å². The lowest BCUT2D eigenvalue weighted by molar-refractivity contribution is -0.122. The highest BCUT2D eigenvalue weighted by atomic mass is 31.3. The second kappa shape index (κ2) is 8.95. The van der Waals surface area contributed by atoms with E-state index >= 15 is 0 Å². The quantitative estimate of drug-likeness (QED) is 0.125. The van der Waals surface area contributed by atoms with E-state index in [4.69, 9.17) is 20.1 Å². The molecule has 5 unspecified atom stereocenters. The molecule has 0 radical (unpaired) electrons. The number of azide groups is 1. The second-order valence-electron chi connectivity index (χ2n) is 6.73. The van der Waals surface area contributed by atoms with Crippen molar-refractivity contribution in [2.24, 2.45) is 17.0 Å². The molecule has 2 heterocycles. The van der Waals surface area contributed by atoms with Crippen LogP contribution >= 0.6 is 23.5 Å². The Bertz CT molecular complexity index is 1190. The number of hydrogen-bond acceptors (Lipinski definition) is 10. The average Bonchev–Trinajstić information content (AvgIpc) is 3.39. The molecule has 1 saturated carbocycles. The van der Waals surface area contributed by atoms with E-state index < -0.39 is 59.7 Å². The second-order valence-corrected chi connectivity index (χ2v) is 11.1. The highest BCUT2D eigenvalue weighted by molar-refractivity contribution is 7.66. The number of phosphoric acid groups is 3. The van der Waals surface area contributed by atoms with Crippen LogP contribution in [-0.4, -0.2) is 47.9 Å². The van der Waals surface area contributed by atoms with Gasteiger partial charge in [0.15, 0.2) is 0 Å². The van der Waals surface area contributed by atoms with E-state index in [-0.39, 0.29) is 11.8 Å². The number of hydrogen-bond donors (Lipinski definition) is 5. The number of aromatic amines is 1. The molecule has 1 aliphatic heterocycles. The van der Waals surface area contributed by atoms with Crippen LogP contribution in [0.2, 0.25) is 0 Å². The molecule has 1 saturated heterocycles. The lowest BCUT2D eigenvalue weighted by Gasteiger charge is -2.34. The molecular formula is C11H16N5O13P3. The van der Waals surface area contributed by atoms with Gasteiger partial charge in [-0.05, 0) is 17.9 Å². The molecule has 21 heteroatoms. The summed E-state index contributed by atoms with van der Waals surface area (Å²) in [6.45, 7) is -0.856. The summed E-state index contributed by atoms with van der Waals surface area (Å²) in [5.74, 6) is -0.588. The minimum Gasteiger partial charge on any atom is -0.351 e. The Balaban J connectivity index is 1.76. The van der Waals surface area contributed by atoms with Crippen LogP contribution in [0, 0.1) is 11.8 Å². The van der Waals surface area contributed by atoms with E-state index in [0.29, 0.717) is 6.42 Å². The van der Waals surface area contributed by atoms with Crippen LogP contribution in [0.4, 0.5) is 0 Å². The van der Waals surface area contributed by atoms with E-state index in [1.165, 1.54) is 6.20 Å². The standard InChI is InChI=1S/C11H16N5O13P3/c12-15-14-9-5-3-6(5)10(16-2-1-8(17)13-11(16)18)27-7(9)4-26-31(22,23)29-32(24,25)28-30(19,20)21/h1-2,5-7,9-10H,3-4H2,(H,22,23)(H,24,25)(H,13,17,18)(H2,19,20,21)/t5?,6?,7-,9?,10-/m1/s1. The van der Waals surface area contributed by atoms with Crippen LogP contribution in [0.3, 0.4) is 0 Å². The van der Waals surface area contributed by atoms with Gasteiger partial charge in [0, 0.05) is 23.1 Å². The molecule has 0 amide bonds. The van der Waals surface area contributed by atoms with Gasteiger partial charge >= 0.3 is 29.2 Å². The molecule has 5 N–H and O–H groups in total. The molecule has 2 aliphatic rings. The Morgan fingerprint density at radius 1 is 1.19 bits per heavy atom. The monoisotopic (exact) mass is 519 g/mol. The Hall–Kier alpha value is -1.64. The zero-order chi connectivity index (χ0) is 23.9. The summed E-state index contributed by atoms with van der Waals surface area (Å²) in [5.41, 5.74) is 7.36. The minimum atomic E-state index is -5.71. The number of aromatic nitrogens is 2. The summed E-state index contributed by atoms with van der Waals surface area (Å²) in [7, 11) is -16.7. The molecule has 1 aromatic heterocycles. The first-order valence-corrected chi connectivity index (χ1v) is 13.0. The zero-order valence-electron chi connectivity index (χ0n) is 15.5. The van der Waals surface area contributed by atoms with Crippen LogP contribution in [0.15, 0.2) is 27.0 Å². The molecular weight excluding hydrogens is 503 g/mol. The van der Waals surface area contributed by atoms with Gasteiger partial charge in [-0.1, -0.05) is 5.11 Å². The fraction of sp³-hybridized carbons (Fsp3) is 0.636. The van der Waals surface area contributed by atoms with E-state index in [2.05, 4.69) is 23.2 Å². The molecule has 0 spiro atoms. The van der Waals surface area contributed by atoms with Crippen molar-refractivity contribution in [3.63, 3.8) is 0 Å². The van der Waals surface area contributed by atoms with Crippen molar-refractivity contribution in [3.8, 4) is 0 Å². The third-order valence-corrected chi connectivity index (χ3v) is 8.32. The van der Waals surface area contributed by atoms with Crippen molar-refractivity contribution in [1.82, 2.24) is 9.55 Å². The van der Waals surface area contributed by atoms with Crippen LogP contribution in [0.1, 0.15) is 12.6 Å². The largest absolute Gasteiger partial charge is 0.490 e. The third-order valence-electron chi connectivity index (χ3n) is 4.52. The highest BCUT2D eigenvalue weighted by Crippen LogP contribution is 2.66. The van der Waals surface area contributed by atoms with E-state index in [0.717, 1.165) is 10.6 Å². The first-order chi connectivity index (χ1) is 14.7. The summed E-state index contributed by atoms with van der Waals surface area (Å²) in [5, 5.41) is 3.56. The number of fused-ring (bicyclic) bond motifs is 1. The first kappa shape index (κ1) is 25.0. The molecule has 3 rings (SSSR count). The molecule has 0 bridgehead atoms. The van der Waals surface area contributed by atoms with Gasteiger partial charge in [0.1, 0.15) is 6.23 Å². The number of nitrogens with zero attached hydrogens (tertiary/aromatic N) is 4. The maximum atomic E-state index is 12.1. The molecule has 7 atom stereocenters. The smallest absolute Gasteiger partial charge is 0.351 e. The average molecular weight is 519 g/mol. The minimum absolute atomic E-state index is 0.281. The molecule has 178 valence electrons. The van der Waals surface area contributed by atoms with Crippen molar-refractivity contribution in [2.45, 2.75) is 24.8 Å². The summed E-state index contributed by atoms with van der Waals surface area (Å²) in [6, 6.07) is 0.162. The molecule has 1 aliphatic carbocycles. The molecule has 1 aromatic rings. The predicted molar refractivity (Wildman–Crippen MR) is 99.6 cm³/mol. The van der Waals surface area contributed by atoms with E-state index in [1.54, 1.807) is 0 Å². The zero-order valence-corrected chi connectivity index (χ0v) is 18.2. The van der Waals surface area contributed by atoms with Gasteiger partial charge in [-0.25, -0.2) is 18.5 Å². The maximum absolute atomic E-state index is 12.1. The molecule has 18 nitrogen and oxygen atoms in total. The predicted octanol–water partition coefficient (Wildman–Crippen LogP) is 0.0923. The Kier molecular flexibility index (Phi) is 6.99. The van der Waals surface area contributed by atoms with Crippen molar-refractivity contribution in [3.05, 3.63) is 43.5 Å². The number of ether oxygens (including phenoxy) is 1. The van der Waals surface area contributed by atoms with Crippen molar-refractivity contribution < 1.29 is 51.2 Å². The van der Waals surface area contributed by atoms with Crippen molar-refractivity contribution >= 4 is 23.5 Å². The summed E-state index contributed by atoms with van der Waals surface area (Å²) in [6.07, 6.45) is -0.576. The van der Waals surface area contributed by atoms with Gasteiger partial charge in [0.2, 0.25) is 0 Å². The Labute approximate surface area is 176 Å². The number of nitrogens with one attached hydrogen (secondary N) is 1. The third kappa shape index (κ3) is 6.23. The van der Waals surface area contributed by atoms with Gasteiger partial charge in [0.05, 0.1) is 18.8 Å². The number of rotatable bonds is 9. The van der Waals surface area contributed by atoms with Gasteiger partial charge < -0.3 is 24.3 Å². The molecule has 32 heavy (non-hydrogen) atoms. The number of phosphoric ester groups is 1. The first-order valence-electron chi connectivity index (χ1n) is 8.51. The molecule has 2 fully saturated rings. The molecule has 0 aromatic carbocycles. The Morgan fingerprint density at radius 2 is 1.88 bits per heavy atom. The van der Waals surface area contributed by atoms with Crippen LogP contribution in [0.5, 0.6) is 0 Å². The summed E-state index contributed by atoms with van der Waals surface area (Å²) in [4.78, 5) is 64.0. The van der Waals surface area contributed by atoms with Gasteiger partial charge in [-0.15, -0.1) is 0 Å². The topological polar surface area (TPSA) is 273 Å².